The number of halogens is 1. The first kappa shape index (κ1) is 18.3. The molecule has 0 heterocycles. The Hall–Kier alpha value is -3.07. The third-order valence-corrected chi connectivity index (χ3v) is 3.69. The maximum Gasteiger partial charge on any atom is 0.261 e. The summed E-state index contributed by atoms with van der Waals surface area (Å²) in [6.07, 6.45) is -0.773. The van der Waals surface area contributed by atoms with Crippen molar-refractivity contribution in [3.63, 3.8) is 0 Å². The van der Waals surface area contributed by atoms with Gasteiger partial charge in [-0.1, -0.05) is 12.1 Å². The molecule has 1 N–H and O–H groups in total. The molecule has 5 nitrogen and oxygen atoms in total. The standard InChI is InChI=1S/C19H19FN2O3/c1-12(15-5-7-16(20)8-6-15)22-19(23)13(2)25-17-9-4-14(11-21)10-18(17)24-3/h4-10,12-13H,1-3H3,(H,22,23)/t12-,13+/m0/s1. The minimum Gasteiger partial charge on any atom is -0.493 e. The normalized spacial score (nSPS) is 12.6. The number of rotatable bonds is 6. The van der Waals surface area contributed by atoms with Crippen LogP contribution >= 0.6 is 0 Å². The Bertz CT molecular complexity index is 784. The number of amides is 1. The molecule has 0 saturated carbocycles. The fourth-order valence-electron chi connectivity index (χ4n) is 2.24. The maximum atomic E-state index is 13.0. The Morgan fingerprint density at radius 1 is 1.16 bits per heavy atom. The number of nitriles is 1. The van der Waals surface area contributed by atoms with Gasteiger partial charge in [0.1, 0.15) is 5.82 Å². The minimum atomic E-state index is -0.773. The molecule has 0 aromatic heterocycles. The summed E-state index contributed by atoms with van der Waals surface area (Å²) in [5, 5.41) is 11.7. The summed E-state index contributed by atoms with van der Waals surface area (Å²) in [6, 6.07) is 12.4. The van der Waals surface area contributed by atoms with Gasteiger partial charge < -0.3 is 14.8 Å². The first-order chi connectivity index (χ1) is 11.9. The second kappa shape index (κ2) is 8.15. The summed E-state index contributed by atoms with van der Waals surface area (Å²) < 4.78 is 23.8. The van der Waals surface area contributed by atoms with Gasteiger partial charge in [-0.25, -0.2) is 4.39 Å². The third kappa shape index (κ3) is 4.70. The molecule has 2 rings (SSSR count). The van der Waals surface area contributed by atoms with Crippen LogP contribution in [-0.2, 0) is 4.79 Å². The summed E-state index contributed by atoms with van der Waals surface area (Å²) in [6.45, 7) is 3.42. The van der Waals surface area contributed by atoms with Crippen molar-refractivity contribution in [1.82, 2.24) is 5.32 Å². The second-order valence-electron chi connectivity index (χ2n) is 5.52. The van der Waals surface area contributed by atoms with Crippen LogP contribution in [0.4, 0.5) is 4.39 Å². The summed E-state index contributed by atoms with van der Waals surface area (Å²) in [4.78, 5) is 12.3. The Morgan fingerprint density at radius 2 is 1.84 bits per heavy atom. The Kier molecular flexibility index (Phi) is 5.96. The average molecular weight is 342 g/mol. The van der Waals surface area contributed by atoms with Crippen molar-refractivity contribution in [2.24, 2.45) is 0 Å². The van der Waals surface area contributed by atoms with E-state index in [0.717, 1.165) is 5.56 Å². The van der Waals surface area contributed by atoms with Crippen molar-refractivity contribution in [1.29, 1.82) is 5.26 Å². The van der Waals surface area contributed by atoms with Gasteiger partial charge in [0, 0.05) is 6.07 Å². The molecule has 6 heteroatoms. The van der Waals surface area contributed by atoms with E-state index in [2.05, 4.69) is 5.32 Å². The number of hydrogen-bond acceptors (Lipinski definition) is 4. The molecule has 0 unspecified atom stereocenters. The number of hydrogen-bond donors (Lipinski definition) is 1. The van der Waals surface area contributed by atoms with E-state index < -0.39 is 6.10 Å². The molecule has 2 aromatic rings. The molecule has 1 amide bonds. The molecule has 0 aliphatic heterocycles. The fraction of sp³-hybridized carbons (Fsp3) is 0.263. The Morgan fingerprint density at radius 3 is 2.44 bits per heavy atom. The lowest BCUT2D eigenvalue weighted by Crippen LogP contribution is -2.37. The van der Waals surface area contributed by atoms with Crippen molar-refractivity contribution in [2.75, 3.05) is 7.11 Å². The van der Waals surface area contributed by atoms with Crippen LogP contribution < -0.4 is 14.8 Å². The van der Waals surface area contributed by atoms with E-state index in [9.17, 15) is 9.18 Å². The molecule has 0 saturated heterocycles. The predicted octanol–water partition coefficient (Wildman–Crippen LogP) is 3.35. The van der Waals surface area contributed by atoms with E-state index in [-0.39, 0.29) is 17.8 Å². The first-order valence-corrected chi connectivity index (χ1v) is 7.75. The number of nitrogens with one attached hydrogen (secondary N) is 1. The van der Waals surface area contributed by atoms with Crippen molar-refractivity contribution in [3.8, 4) is 17.6 Å². The number of carbonyl (C=O) groups is 1. The van der Waals surface area contributed by atoms with Crippen LogP contribution in [0.25, 0.3) is 0 Å². The van der Waals surface area contributed by atoms with Crippen molar-refractivity contribution in [2.45, 2.75) is 26.0 Å². The van der Waals surface area contributed by atoms with Gasteiger partial charge in [0.05, 0.1) is 24.8 Å². The molecular formula is C19H19FN2O3. The second-order valence-corrected chi connectivity index (χ2v) is 5.52. The Labute approximate surface area is 146 Å². The van der Waals surface area contributed by atoms with Crippen LogP contribution in [0.15, 0.2) is 42.5 Å². The molecule has 2 atom stereocenters. The Balaban J connectivity index is 2.03. The van der Waals surface area contributed by atoms with Gasteiger partial charge in [-0.15, -0.1) is 0 Å². The van der Waals surface area contributed by atoms with Gasteiger partial charge in [-0.2, -0.15) is 5.26 Å². The minimum absolute atomic E-state index is 0.290. The van der Waals surface area contributed by atoms with E-state index in [0.29, 0.717) is 17.1 Å². The number of benzene rings is 2. The van der Waals surface area contributed by atoms with Crippen LogP contribution in [0.3, 0.4) is 0 Å². The third-order valence-electron chi connectivity index (χ3n) is 3.69. The van der Waals surface area contributed by atoms with E-state index >= 15 is 0 Å². The molecular weight excluding hydrogens is 323 g/mol. The first-order valence-electron chi connectivity index (χ1n) is 7.75. The number of ether oxygens (including phenoxy) is 2. The zero-order valence-corrected chi connectivity index (χ0v) is 14.2. The van der Waals surface area contributed by atoms with Crippen LogP contribution in [0.2, 0.25) is 0 Å². The number of methoxy groups -OCH3 is 1. The zero-order valence-electron chi connectivity index (χ0n) is 14.2. The highest BCUT2D eigenvalue weighted by Crippen LogP contribution is 2.28. The molecule has 0 fully saturated rings. The van der Waals surface area contributed by atoms with E-state index in [4.69, 9.17) is 14.7 Å². The summed E-state index contributed by atoms with van der Waals surface area (Å²) in [5.74, 6) is 0.110. The van der Waals surface area contributed by atoms with Gasteiger partial charge in [0.15, 0.2) is 17.6 Å². The molecule has 0 bridgehead atoms. The van der Waals surface area contributed by atoms with Crippen LogP contribution in [0, 0.1) is 17.1 Å². The molecule has 0 spiro atoms. The van der Waals surface area contributed by atoms with E-state index in [1.807, 2.05) is 6.07 Å². The molecule has 0 aliphatic carbocycles. The van der Waals surface area contributed by atoms with Crippen LogP contribution in [-0.4, -0.2) is 19.1 Å². The maximum absolute atomic E-state index is 13.0. The lowest BCUT2D eigenvalue weighted by Gasteiger charge is -2.20. The number of carbonyl (C=O) groups excluding carboxylic acids is 1. The smallest absolute Gasteiger partial charge is 0.261 e. The topological polar surface area (TPSA) is 71.3 Å². The fourth-order valence-corrected chi connectivity index (χ4v) is 2.24. The summed E-state index contributed by atoms with van der Waals surface area (Å²) in [7, 11) is 1.46. The highest BCUT2D eigenvalue weighted by molar-refractivity contribution is 5.81. The van der Waals surface area contributed by atoms with Crippen molar-refractivity contribution < 1.29 is 18.7 Å². The SMILES string of the molecule is COc1cc(C#N)ccc1O[C@H](C)C(=O)N[C@@H](C)c1ccc(F)cc1. The molecule has 130 valence electrons. The monoisotopic (exact) mass is 342 g/mol. The van der Waals surface area contributed by atoms with E-state index in [1.165, 1.54) is 19.2 Å². The van der Waals surface area contributed by atoms with Crippen LogP contribution in [0.5, 0.6) is 11.5 Å². The van der Waals surface area contributed by atoms with Crippen LogP contribution in [0.1, 0.15) is 31.0 Å². The van der Waals surface area contributed by atoms with Crippen molar-refractivity contribution >= 4 is 5.91 Å². The zero-order chi connectivity index (χ0) is 18.4. The van der Waals surface area contributed by atoms with Gasteiger partial charge in [0.25, 0.3) is 5.91 Å². The van der Waals surface area contributed by atoms with Gasteiger partial charge in [-0.3, -0.25) is 4.79 Å². The van der Waals surface area contributed by atoms with Gasteiger partial charge >= 0.3 is 0 Å². The van der Waals surface area contributed by atoms with Crippen molar-refractivity contribution in [3.05, 3.63) is 59.4 Å². The van der Waals surface area contributed by atoms with Gasteiger partial charge in [-0.05, 0) is 43.7 Å². The predicted molar refractivity (Wildman–Crippen MR) is 90.8 cm³/mol. The summed E-state index contributed by atoms with van der Waals surface area (Å²) in [5.41, 5.74) is 1.23. The summed E-state index contributed by atoms with van der Waals surface area (Å²) >= 11 is 0. The lowest BCUT2D eigenvalue weighted by molar-refractivity contribution is -0.127. The highest BCUT2D eigenvalue weighted by atomic mass is 19.1. The number of nitrogens with zero attached hydrogens (tertiary/aromatic N) is 1. The quantitative estimate of drug-likeness (QED) is 0.874. The molecule has 25 heavy (non-hydrogen) atoms. The molecule has 0 radical (unpaired) electrons. The lowest BCUT2D eigenvalue weighted by atomic mass is 10.1. The molecule has 0 aliphatic rings. The molecule has 2 aromatic carbocycles. The average Bonchev–Trinajstić information content (AvgIpc) is 2.62. The van der Waals surface area contributed by atoms with E-state index in [1.54, 1.807) is 44.2 Å². The largest absolute Gasteiger partial charge is 0.493 e. The highest BCUT2D eigenvalue weighted by Gasteiger charge is 2.19. The van der Waals surface area contributed by atoms with Gasteiger partial charge in [0.2, 0.25) is 0 Å².